The van der Waals surface area contributed by atoms with Crippen LogP contribution >= 0.6 is 11.8 Å². The summed E-state index contributed by atoms with van der Waals surface area (Å²) in [6.45, 7) is 3.28. The summed E-state index contributed by atoms with van der Waals surface area (Å²) in [5.74, 6) is -0.455. The molecule has 3 aromatic carbocycles. The Morgan fingerprint density at radius 2 is 1.72 bits per heavy atom. The summed E-state index contributed by atoms with van der Waals surface area (Å²) in [5.41, 5.74) is 1.01. The van der Waals surface area contributed by atoms with Gasteiger partial charge in [0.1, 0.15) is 17.2 Å². The van der Waals surface area contributed by atoms with Crippen LogP contribution in [0, 0.1) is 6.92 Å². The maximum absolute atomic E-state index is 12.9. The van der Waals surface area contributed by atoms with Gasteiger partial charge in [-0.1, -0.05) is 6.92 Å². The highest BCUT2D eigenvalue weighted by Crippen LogP contribution is 2.34. The fourth-order valence-electron chi connectivity index (χ4n) is 3.88. The summed E-state index contributed by atoms with van der Waals surface area (Å²) >= 11 is 1.46. The van der Waals surface area contributed by atoms with Crippen molar-refractivity contribution in [2.45, 2.75) is 43.7 Å². The number of carboxylic acid groups (broad SMARTS) is 1. The number of benzene rings is 3. The van der Waals surface area contributed by atoms with Crippen LogP contribution in [0.15, 0.2) is 65.6 Å². The number of rotatable bonds is 13. The van der Waals surface area contributed by atoms with Crippen LogP contribution in [0.4, 0.5) is 13.2 Å². The molecule has 3 rings (SSSR count). The first-order valence-corrected chi connectivity index (χ1v) is 13.2. The number of alkyl halides is 3. The van der Waals surface area contributed by atoms with E-state index in [2.05, 4.69) is 0 Å². The van der Waals surface area contributed by atoms with Crippen LogP contribution < -0.4 is 9.47 Å². The van der Waals surface area contributed by atoms with Crippen LogP contribution in [0.3, 0.4) is 0 Å². The van der Waals surface area contributed by atoms with E-state index in [-0.39, 0.29) is 23.9 Å². The average molecular weight is 563 g/mol. The molecule has 0 aliphatic rings. The number of halogens is 3. The first kappa shape index (κ1) is 29.9. The lowest BCUT2D eigenvalue weighted by molar-refractivity contribution is -0.139. The Balaban J connectivity index is 1.85. The quantitative estimate of drug-likeness (QED) is 0.169. The number of hydrogen-bond acceptors (Lipinski definition) is 6. The summed E-state index contributed by atoms with van der Waals surface area (Å²) in [6.07, 6.45) is -3.48. The van der Waals surface area contributed by atoms with Crippen molar-refractivity contribution in [3.63, 3.8) is 0 Å². The van der Waals surface area contributed by atoms with Crippen molar-refractivity contribution < 1.29 is 42.4 Å². The molecular weight excluding hydrogens is 533 g/mol. The first-order chi connectivity index (χ1) is 18.5. The second-order valence-corrected chi connectivity index (χ2v) is 9.99. The van der Waals surface area contributed by atoms with Crippen LogP contribution in [-0.4, -0.2) is 40.9 Å². The number of carbonyl (C=O) groups excluding carboxylic acids is 1. The summed E-state index contributed by atoms with van der Waals surface area (Å²) in [6, 6.07) is 14.3. The Kier molecular flexibility index (Phi) is 10.3. The second-order valence-electron chi connectivity index (χ2n) is 8.90. The van der Waals surface area contributed by atoms with Gasteiger partial charge in [0.25, 0.3) is 0 Å². The Morgan fingerprint density at radius 3 is 2.33 bits per heavy atom. The van der Waals surface area contributed by atoms with Gasteiger partial charge < -0.3 is 19.7 Å². The predicted molar refractivity (Wildman–Crippen MR) is 142 cm³/mol. The van der Waals surface area contributed by atoms with Crippen LogP contribution in [0.1, 0.15) is 52.7 Å². The molecular formula is C29H29F3O6S. The van der Waals surface area contributed by atoms with Crippen LogP contribution in [0.5, 0.6) is 17.2 Å². The number of aryl methyl sites for hydroxylation is 1. The van der Waals surface area contributed by atoms with Gasteiger partial charge in [-0.3, -0.25) is 4.79 Å². The topological polar surface area (TPSA) is 93.1 Å². The van der Waals surface area contributed by atoms with Gasteiger partial charge in [0.05, 0.1) is 12.2 Å². The highest BCUT2D eigenvalue weighted by molar-refractivity contribution is 7.99. The van der Waals surface area contributed by atoms with E-state index in [0.717, 1.165) is 22.6 Å². The number of phenols is 1. The van der Waals surface area contributed by atoms with Crippen molar-refractivity contribution in [3.05, 3.63) is 82.9 Å². The van der Waals surface area contributed by atoms with Gasteiger partial charge in [-0.15, -0.1) is 11.8 Å². The summed E-state index contributed by atoms with van der Waals surface area (Å²) < 4.78 is 49.9. The van der Waals surface area contributed by atoms with Crippen molar-refractivity contribution in [2.75, 3.05) is 19.0 Å². The summed E-state index contributed by atoms with van der Waals surface area (Å²) in [5, 5.41) is 19.0. The minimum atomic E-state index is -4.46. The van der Waals surface area contributed by atoms with Crippen molar-refractivity contribution in [2.24, 2.45) is 0 Å². The highest BCUT2D eigenvalue weighted by atomic mass is 32.2. The van der Waals surface area contributed by atoms with E-state index >= 15 is 0 Å². The molecule has 0 heterocycles. The van der Waals surface area contributed by atoms with E-state index in [4.69, 9.17) is 14.6 Å². The van der Waals surface area contributed by atoms with Crippen molar-refractivity contribution in [3.8, 4) is 17.2 Å². The Labute approximate surface area is 228 Å². The number of hydrogen-bond donors (Lipinski definition) is 2. The molecule has 0 saturated heterocycles. The fourth-order valence-corrected chi connectivity index (χ4v) is 4.97. The molecule has 10 heteroatoms. The van der Waals surface area contributed by atoms with Gasteiger partial charge in [-0.2, -0.15) is 13.2 Å². The number of ether oxygens (including phenoxy) is 2. The van der Waals surface area contributed by atoms with E-state index in [1.54, 1.807) is 25.1 Å². The molecule has 1 unspecified atom stereocenters. The molecule has 6 nitrogen and oxygen atoms in total. The number of Topliss-reactive ketones (excluding diaryl/α,β-unsaturated/α-hetero) is 1. The third-order valence-electron chi connectivity index (χ3n) is 5.83. The molecule has 0 amide bonds. The standard InChI is InChI=1S/C29H29F3O6S/c1-3-4-26(34)24-11-7-21(33)14-25(24)19(15-37-22-8-5-20(6-9-22)29(30,31)32)17-39-23-10-12-27(18(2)13-23)38-16-28(35)36/h5-14,19,33H,3-4,15-17H2,1-2H3,(H,35,36). The van der Waals surface area contributed by atoms with Gasteiger partial charge in [0, 0.05) is 28.6 Å². The van der Waals surface area contributed by atoms with Gasteiger partial charge in [-0.05, 0) is 85.1 Å². The lowest BCUT2D eigenvalue weighted by atomic mass is 9.92. The van der Waals surface area contributed by atoms with Crippen LogP contribution in [0.2, 0.25) is 0 Å². The number of ketones is 1. The highest BCUT2D eigenvalue weighted by Gasteiger charge is 2.30. The molecule has 208 valence electrons. The number of aromatic hydroxyl groups is 1. The predicted octanol–water partition coefficient (Wildman–Crippen LogP) is 7.12. The van der Waals surface area contributed by atoms with Crippen LogP contribution in [0.25, 0.3) is 0 Å². The zero-order valence-corrected chi connectivity index (χ0v) is 22.3. The van der Waals surface area contributed by atoms with E-state index in [1.807, 2.05) is 13.0 Å². The molecule has 39 heavy (non-hydrogen) atoms. The molecule has 0 radical (unpaired) electrons. The number of aliphatic carboxylic acids is 1. The van der Waals surface area contributed by atoms with Crippen molar-refractivity contribution in [1.29, 1.82) is 0 Å². The lowest BCUT2D eigenvalue weighted by Gasteiger charge is -2.21. The maximum atomic E-state index is 12.9. The largest absolute Gasteiger partial charge is 0.508 e. The zero-order valence-electron chi connectivity index (χ0n) is 21.5. The van der Waals surface area contributed by atoms with E-state index in [9.17, 15) is 27.9 Å². The molecule has 1 atom stereocenters. The van der Waals surface area contributed by atoms with E-state index in [0.29, 0.717) is 35.5 Å². The summed E-state index contributed by atoms with van der Waals surface area (Å²) in [4.78, 5) is 24.5. The Hall–Kier alpha value is -3.66. The Bertz CT molecular complexity index is 1290. The minimum Gasteiger partial charge on any atom is -0.508 e. The SMILES string of the molecule is CCCC(=O)c1ccc(O)cc1C(COc1ccc(C(F)(F)F)cc1)CSc1ccc(OCC(=O)O)c(C)c1. The fraction of sp³-hybridized carbons (Fsp3) is 0.310. The molecule has 0 aliphatic carbocycles. The molecule has 3 aromatic rings. The van der Waals surface area contributed by atoms with Crippen molar-refractivity contribution in [1.82, 2.24) is 0 Å². The van der Waals surface area contributed by atoms with Gasteiger partial charge >= 0.3 is 12.1 Å². The third kappa shape index (κ3) is 8.68. The molecule has 0 bridgehead atoms. The monoisotopic (exact) mass is 562 g/mol. The average Bonchev–Trinajstić information content (AvgIpc) is 2.88. The lowest BCUT2D eigenvalue weighted by Crippen LogP contribution is -2.17. The van der Waals surface area contributed by atoms with Gasteiger partial charge in [-0.25, -0.2) is 4.79 Å². The van der Waals surface area contributed by atoms with Crippen LogP contribution in [-0.2, 0) is 11.0 Å². The van der Waals surface area contributed by atoms with Gasteiger partial charge in [0.2, 0.25) is 0 Å². The first-order valence-electron chi connectivity index (χ1n) is 12.2. The number of carboxylic acids is 1. The number of phenolic OH excluding ortho intramolecular Hbond substituents is 1. The minimum absolute atomic E-state index is 0.0154. The molecule has 0 aliphatic heterocycles. The molecule has 0 aromatic heterocycles. The second kappa shape index (κ2) is 13.4. The number of carbonyl (C=O) groups is 2. The number of thioether (sulfide) groups is 1. The molecule has 0 saturated carbocycles. The molecule has 2 N–H and O–H groups in total. The van der Waals surface area contributed by atoms with E-state index in [1.165, 1.54) is 36.0 Å². The molecule has 0 fully saturated rings. The molecule has 0 spiro atoms. The third-order valence-corrected chi connectivity index (χ3v) is 6.99. The van der Waals surface area contributed by atoms with E-state index < -0.39 is 30.2 Å². The summed E-state index contributed by atoms with van der Waals surface area (Å²) in [7, 11) is 0. The smallest absolute Gasteiger partial charge is 0.416 e. The maximum Gasteiger partial charge on any atom is 0.416 e. The Morgan fingerprint density at radius 1 is 1.00 bits per heavy atom. The van der Waals surface area contributed by atoms with Crippen molar-refractivity contribution >= 4 is 23.5 Å². The zero-order chi connectivity index (χ0) is 28.6. The van der Waals surface area contributed by atoms with Gasteiger partial charge in [0.15, 0.2) is 12.4 Å². The normalized spacial score (nSPS) is 12.1.